The Morgan fingerprint density at radius 1 is 1.47 bits per heavy atom. The topological polar surface area (TPSA) is 52.7 Å². The molecular weight excluding hydrogens is 242 g/mol. The summed E-state index contributed by atoms with van der Waals surface area (Å²) in [5, 5.41) is 3.25. The average Bonchev–Trinajstić information content (AvgIpc) is 2.65. The predicted octanol–water partition coefficient (Wildman–Crippen LogP) is -0.149. The molecule has 0 aliphatic carbocycles. The Bertz CT molecular complexity index is 298. The normalized spacial score (nSPS) is 24.8. The van der Waals surface area contributed by atoms with E-state index in [4.69, 9.17) is 0 Å². The molecule has 5 nitrogen and oxygen atoms in total. The minimum absolute atomic E-state index is 0. The van der Waals surface area contributed by atoms with Gasteiger partial charge in [0.2, 0.25) is 11.8 Å². The van der Waals surface area contributed by atoms with E-state index < -0.39 is 0 Å². The second kappa shape index (κ2) is 6.21. The summed E-state index contributed by atoms with van der Waals surface area (Å²) in [6.45, 7) is 5.50. The van der Waals surface area contributed by atoms with E-state index in [0.29, 0.717) is 6.42 Å². The highest BCUT2D eigenvalue weighted by Crippen LogP contribution is 2.11. The van der Waals surface area contributed by atoms with Crippen molar-refractivity contribution in [3.8, 4) is 0 Å². The fourth-order valence-electron chi connectivity index (χ4n) is 2.34. The van der Waals surface area contributed by atoms with Gasteiger partial charge in [-0.3, -0.25) is 9.59 Å². The van der Waals surface area contributed by atoms with Crippen molar-refractivity contribution in [2.45, 2.75) is 25.8 Å². The molecule has 2 aliphatic heterocycles. The third kappa shape index (κ3) is 3.33. The first-order chi connectivity index (χ1) is 7.68. The van der Waals surface area contributed by atoms with Crippen molar-refractivity contribution in [1.82, 2.24) is 15.1 Å². The molecule has 0 spiro atoms. The molecule has 1 N–H and O–H groups in total. The first-order valence-electron chi connectivity index (χ1n) is 5.96. The van der Waals surface area contributed by atoms with Crippen LogP contribution in [0.2, 0.25) is 0 Å². The molecular formula is C11H20ClN3O2. The van der Waals surface area contributed by atoms with E-state index in [-0.39, 0.29) is 36.8 Å². The SMILES string of the molecule is CC1CNCCN1C(=O)CN1CCCC1=O.Cl. The second-order valence-electron chi connectivity index (χ2n) is 4.56. The molecule has 2 heterocycles. The van der Waals surface area contributed by atoms with Crippen LogP contribution in [0.1, 0.15) is 19.8 Å². The molecule has 2 fully saturated rings. The number of nitrogens with one attached hydrogen (secondary N) is 1. The monoisotopic (exact) mass is 261 g/mol. The lowest BCUT2D eigenvalue weighted by atomic mass is 10.2. The molecule has 17 heavy (non-hydrogen) atoms. The summed E-state index contributed by atoms with van der Waals surface area (Å²) in [7, 11) is 0. The summed E-state index contributed by atoms with van der Waals surface area (Å²) in [5.74, 6) is 0.209. The van der Waals surface area contributed by atoms with E-state index in [1.807, 2.05) is 11.8 Å². The van der Waals surface area contributed by atoms with Crippen LogP contribution >= 0.6 is 12.4 Å². The number of carbonyl (C=O) groups excluding carboxylic acids is 2. The summed E-state index contributed by atoms with van der Waals surface area (Å²) in [4.78, 5) is 27.0. The Labute approximate surface area is 108 Å². The number of amides is 2. The Morgan fingerprint density at radius 3 is 2.82 bits per heavy atom. The van der Waals surface area contributed by atoms with E-state index in [1.165, 1.54) is 0 Å². The molecule has 0 aromatic carbocycles. The van der Waals surface area contributed by atoms with Crippen LogP contribution in [0, 0.1) is 0 Å². The number of hydrogen-bond donors (Lipinski definition) is 1. The average molecular weight is 262 g/mol. The van der Waals surface area contributed by atoms with Crippen molar-refractivity contribution in [2.24, 2.45) is 0 Å². The van der Waals surface area contributed by atoms with Crippen molar-refractivity contribution in [3.63, 3.8) is 0 Å². The Hall–Kier alpha value is -0.810. The molecule has 0 aromatic heterocycles. The maximum Gasteiger partial charge on any atom is 0.242 e. The largest absolute Gasteiger partial charge is 0.336 e. The summed E-state index contributed by atoms with van der Waals surface area (Å²) in [5.41, 5.74) is 0. The Morgan fingerprint density at radius 2 is 2.24 bits per heavy atom. The predicted molar refractivity (Wildman–Crippen MR) is 67.1 cm³/mol. The van der Waals surface area contributed by atoms with Gasteiger partial charge in [0.15, 0.2) is 0 Å². The first-order valence-corrected chi connectivity index (χ1v) is 5.96. The molecule has 0 aromatic rings. The number of nitrogens with zero attached hydrogens (tertiary/aromatic N) is 2. The van der Waals surface area contributed by atoms with Crippen LogP contribution in [0.3, 0.4) is 0 Å². The maximum absolute atomic E-state index is 12.0. The quantitative estimate of drug-likeness (QED) is 0.752. The fourth-order valence-corrected chi connectivity index (χ4v) is 2.34. The minimum atomic E-state index is 0. The number of hydrogen-bond acceptors (Lipinski definition) is 3. The van der Waals surface area contributed by atoms with Crippen LogP contribution in [-0.4, -0.2) is 60.4 Å². The molecule has 98 valence electrons. The van der Waals surface area contributed by atoms with E-state index in [2.05, 4.69) is 5.32 Å². The molecule has 2 amide bonds. The van der Waals surface area contributed by atoms with Gasteiger partial charge < -0.3 is 15.1 Å². The van der Waals surface area contributed by atoms with Crippen LogP contribution in [0.15, 0.2) is 0 Å². The van der Waals surface area contributed by atoms with Crippen molar-refractivity contribution in [1.29, 1.82) is 0 Å². The number of piperazine rings is 1. The van der Waals surface area contributed by atoms with Gasteiger partial charge >= 0.3 is 0 Å². The molecule has 1 unspecified atom stereocenters. The van der Waals surface area contributed by atoms with Crippen LogP contribution in [0.5, 0.6) is 0 Å². The zero-order chi connectivity index (χ0) is 11.5. The summed E-state index contributed by atoms with van der Waals surface area (Å²) >= 11 is 0. The molecule has 2 aliphatic rings. The number of likely N-dealkylation sites (tertiary alicyclic amines) is 1. The second-order valence-corrected chi connectivity index (χ2v) is 4.56. The highest BCUT2D eigenvalue weighted by atomic mass is 35.5. The van der Waals surface area contributed by atoms with E-state index in [9.17, 15) is 9.59 Å². The van der Waals surface area contributed by atoms with Crippen molar-refractivity contribution < 1.29 is 9.59 Å². The first kappa shape index (κ1) is 14.3. The maximum atomic E-state index is 12.0. The molecule has 6 heteroatoms. The van der Waals surface area contributed by atoms with Crippen LogP contribution < -0.4 is 5.32 Å². The lowest BCUT2D eigenvalue weighted by molar-refractivity contribution is -0.140. The fraction of sp³-hybridized carbons (Fsp3) is 0.818. The highest BCUT2D eigenvalue weighted by Gasteiger charge is 2.27. The lowest BCUT2D eigenvalue weighted by Gasteiger charge is -2.35. The van der Waals surface area contributed by atoms with Gasteiger partial charge in [0.25, 0.3) is 0 Å². The molecule has 0 bridgehead atoms. The summed E-state index contributed by atoms with van der Waals surface area (Å²) < 4.78 is 0. The van der Waals surface area contributed by atoms with Crippen LogP contribution in [-0.2, 0) is 9.59 Å². The van der Waals surface area contributed by atoms with Crippen molar-refractivity contribution >= 4 is 24.2 Å². The Kier molecular flexibility index (Phi) is 5.21. The third-order valence-electron chi connectivity index (χ3n) is 3.32. The van der Waals surface area contributed by atoms with Gasteiger partial charge in [-0.25, -0.2) is 0 Å². The van der Waals surface area contributed by atoms with Crippen molar-refractivity contribution in [3.05, 3.63) is 0 Å². The molecule has 0 saturated carbocycles. The van der Waals surface area contributed by atoms with Gasteiger partial charge in [0.1, 0.15) is 0 Å². The highest BCUT2D eigenvalue weighted by molar-refractivity contribution is 5.86. The van der Waals surface area contributed by atoms with Gasteiger partial charge in [0, 0.05) is 38.6 Å². The summed E-state index contributed by atoms with van der Waals surface area (Å²) in [6, 6.07) is 0.235. The van der Waals surface area contributed by atoms with Crippen LogP contribution in [0.25, 0.3) is 0 Å². The minimum Gasteiger partial charge on any atom is -0.336 e. The number of rotatable bonds is 2. The van der Waals surface area contributed by atoms with E-state index in [1.54, 1.807) is 4.90 Å². The number of halogens is 1. The molecule has 2 rings (SSSR count). The van der Waals surface area contributed by atoms with Gasteiger partial charge in [-0.15, -0.1) is 12.4 Å². The van der Waals surface area contributed by atoms with Crippen molar-refractivity contribution in [2.75, 3.05) is 32.7 Å². The third-order valence-corrected chi connectivity index (χ3v) is 3.32. The molecule has 1 atom stereocenters. The molecule has 0 radical (unpaired) electrons. The van der Waals surface area contributed by atoms with Gasteiger partial charge in [-0.1, -0.05) is 0 Å². The zero-order valence-corrected chi connectivity index (χ0v) is 11.0. The summed E-state index contributed by atoms with van der Waals surface area (Å²) in [6.07, 6.45) is 1.49. The standard InChI is InChI=1S/C11H19N3O2.ClH/c1-9-7-12-4-6-14(9)11(16)8-13-5-2-3-10(13)15;/h9,12H,2-8H2,1H3;1H. The molecule has 2 saturated heterocycles. The smallest absolute Gasteiger partial charge is 0.242 e. The van der Waals surface area contributed by atoms with Gasteiger partial charge in [0.05, 0.1) is 6.54 Å². The van der Waals surface area contributed by atoms with E-state index >= 15 is 0 Å². The lowest BCUT2D eigenvalue weighted by Crippen LogP contribution is -2.54. The van der Waals surface area contributed by atoms with E-state index in [0.717, 1.165) is 32.6 Å². The Balaban J connectivity index is 0.00000144. The zero-order valence-electron chi connectivity index (χ0n) is 10.1. The number of carbonyl (C=O) groups is 2. The van der Waals surface area contributed by atoms with Gasteiger partial charge in [-0.05, 0) is 13.3 Å². The van der Waals surface area contributed by atoms with Crippen LogP contribution in [0.4, 0.5) is 0 Å². The van der Waals surface area contributed by atoms with Gasteiger partial charge in [-0.2, -0.15) is 0 Å².